The third-order valence-corrected chi connectivity index (χ3v) is 3.86. The van der Waals surface area contributed by atoms with E-state index >= 15 is 0 Å². The highest BCUT2D eigenvalue weighted by molar-refractivity contribution is 5.40. The van der Waals surface area contributed by atoms with Gasteiger partial charge in [0.05, 0.1) is 0 Å². The number of alkyl halides is 2. The zero-order valence-corrected chi connectivity index (χ0v) is 11.3. The minimum absolute atomic E-state index is 0.250. The summed E-state index contributed by atoms with van der Waals surface area (Å²) in [7, 11) is 0. The zero-order valence-electron chi connectivity index (χ0n) is 11.3. The van der Waals surface area contributed by atoms with Crippen molar-refractivity contribution in [3.05, 3.63) is 34.4 Å². The lowest BCUT2D eigenvalue weighted by Gasteiger charge is -2.32. The molecule has 3 heteroatoms. The summed E-state index contributed by atoms with van der Waals surface area (Å²) in [6.45, 7) is 6.94. The molecule has 0 aromatic heterocycles. The first kappa shape index (κ1) is 13.5. The highest BCUT2D eigenvalue weighted by Gasteiger charge is 2.43. The van der Waals surface area contributed by atoms with Crippen molar-refractivity contribution >= 4 is 0 Å². The van der Waals surface area contributed by atoms with E-state index in [0.717, 1.165) is 16.7 Å². The lowest BCUT2D eigenvalue weighted by atomic mass is 9.83. The molecule has 2 rings (SSSR count). The standard InChI is InChI=1S/C15H21F2N/c1-10-8-11(2)14(12(3)9-10)15(16,17)13-4-6-18-7-5-13/h8-9,13,18H,4-7H2,1-3H3. The quantitative estimate of drug-likeness (QED) is 0.847. The summed E-state index contributed by atoms with van der Waals surface area (Å²) in [4.78, 5) is 0. The molecule has 1 aromatic carbocycles. The van der Waals surface area contributed by atoms with Crippen molar-refractivity contribution in [2.75, 3.05) is 13.1 Å². The molecule has 0 radical (unpaired) electrons. The van der Waals surface area contributed by atoms with Gasteiger partial charge in [0.15, 0.2) is 0 Å². The van der Waals surface area contributed by atoms with Gasteiger partial charge in [0.25, 0.3) is 5.92 Å². The smallest absolute Gasteiger partial charge is 0.276 e. The Kier molecular flexibility index (Phi) is 3.71. The van der Waals surface area contributed by atoms with Crippen LogP contribution < -0.4 is 5.32 Å². The SMILES string of the molecule is Cc1cc(C)c(C(F)(F)C2CCNCC2)c(C)c1. The van der Waals surface area contributed by atoms with Crippen molar-refractivity contribution in [2.24, 2.45) is 5.92 Å². The molecule has 1 nitrogen and oxygen atoms in total. The van der Waals surface area contributed by atoms with E-state index in [1.165, 1.54) is 0 Å². The molecular weight excluding hydrogens is 232 g/mol. The van der Waals surface area contributed by atoms with Gasteiger partial charge in [0.1, 0.15) is 0 Å². The Balaban J connectivity index is 2.39. The summed E-state index contributed by atoms with van der Waals surface area (Å²) in [5.41, 5.74) is 2.74. The molecule has 100 valence electrons. The van der Waals surface area contributed by atoms with Crippen molar-refractivity contribution in [1.29, 1.82) is 0 Å². The van der Waals surface area contributed by atoms with E-state index < -0.39 is 11.8 Å². The van der Waals surface area contributed by atoms with Crippen molar-refractivity contribution in [3.8, 4) is 0 Å². The van der Waals surface area contributed by atoms with Gasteiger partial charge in [0, 0.05) is 11.5 Å². The van der Waals surface area contributed by atoms with Gasteiger partial charge in [-0.2, -0.15) is 0 Å². The number of piperidine rings is 1. The van der Waals surface area contributed by atoms with Crippen LogP contribution in [0.4, 0.5) is 8.78 Å². The number of nitrogens with one attached hydrogen (secondary N) is 1. The minimum atomic E-state index is -2.70. The molecule has 1 saturated heterocycles. The monoisotopic (exact) mass is 253 g/mol. The van der Waals surface area contributed by atoms with Gasteiger partial charge in [-0.3, -0.25) is 0 Å². The van der Waals surface area contributed by atoms with Gasteiger partial charge in [-0.15, -0.1) is 0 Å². The Morgan fingerprint density at radius 2 is 1.56 bits per heavy atom. The second-order valence-corrected chi connectivity index (χ2v) is 5.42. The molecule has 0 bridgehead atoms. The molecule has 1 N–H and O–H groups in total. The molecule has 1 aromatic rings. The predicted molar refractivity (Wildman–Crippen MR) is 70.1 cm³/mol. The fourth-order valence-corrected chi connectivity index (χ4v) is 3.09. The van der Waals surface area contributed by atoms with Gasteiger partial charge in [-0.1, -0.05) is 17.7 Å². The van der Waals surface area contributed by atoms with Crippen LogP contribution in [0.25, 0.3) is 0 Å². The number of benzene rings is 1. The summed E-state index contributed by atoms with van der Waals surface area (Å²) < 4.78 is 29.3. The van der Waals surface area contributed by atoms with Crippen molar-refractivity contribution in [1.82, 2.24) is 5.32 Å². The lowest BCUT2D eigenvalue weighted by Crippen LogP contribution is -2.37. The fourth-order valence-electron chi connectivity index (χ4n) is 3.09. The number of hydrogen-bond donors (Lipinski definition) is 1. The highest BCUT2D eigenvalue weighted by Crippen LogP contribution is 2.43. The van der Waals surface area contributed by atoms with E-state index in [1.54, 1.807) is 13.8 Å². The Labute approximate surface area is 108 Å². The van der Waals surface area contributed by atoms with Crippen LogP contribution in [0.3, 0.4) is 0 Å². The molecule has 0 unspecified atom stereocenters. The van der Waals surface area contributed by atoms with Gasteiger partial charge in [-0.05, 0) is 57.8 Å². The molecule has 1 heterocycles. The van der Waals surface area contributed by atoms with Crippen LogP contribution in [-0.2, 0) is 5.92 Å². The van der Waals surface area contributed by atoms with Crippen LogP contribution in [0.1, 0.15) is 35.1 Å². The van der Waals surface area contributed by atoms with E-state index in [9.17, 15) is 8.78 Å². The Morgan fingerprint density at radius 3 is 2.06 bits per heavy atom. The molecule has 0 aliphatic carbocycles. The maximum atomic E-state index is 14.7. The summed E-state index contributed by atoms with van der Waals surface area (Å²) in [6.07, 6.45) is 1.11. The summed E-state index contributed by atoms with van der Waals surface area (Å²) in [5.74, 6) is -3.23. The second kappa shape index (κ2) is 4.96. The highest BCUT2D eigenvalue weighted by atomic mass is 19.3. The normalized spacial score (nSPS) is 18.1. The zero-order chi connectivity index (χ0) is 13.3. The third kappa shape index (κ3) is 2.41. The molecule has 0 saturated carbocycles. The van der Waals surface area contributed by atoms with E-state index in [0.29, 0.717) is 25.9 Å². The largest absolute Gasteiger partial charge is 0.317 e. The molecule has 1 fully saturated rings. The topological polar surface area (TPSA) is 12.0 Å². The molecule has 18 heavy (non-hydrogen) atoms. The van der Waals surface area contributed by atoms with Crippen LogP contribution in [0.2, 0.25) is 0 Å². The second-order valence-electron chi connectivity index (χ2n) is 5.42. The molecular formula is C15H21F2N. The number of halogens is 2. The van der Waals surface area contributed by atoms with E-state index in [4.69, 9.17) is 0 Å². The molecule has 1 aliphatic heterocycles. The maximum Gasteiger partial charge on any atom is 0.276 e. The van der Waals surface area contributed by atoms with E-state index in [1.807, 2.05) is 19.1 Å². The molecule has 0 amide bonds. The fraction of sp³-hybridized carbons (Fsp3) is 0.600. The Morgan fingerprint density at radius 1 is 1.06 bits per heavy atom. The Bertz CT molecular complexity index is 411. The van der Waals surface area contributed by atoms with Crippen LogP contribution >= 0.6 is 0 Å². The summed E-state index contributed by atoms with van der Waals surface area (Å²) >= 11 is 0. The minimum Gasteiger partial charge on any atom is -0.317 e. The maximum absolute atomic E-state index is 14.7. The third-order valence-electron chi connectivity index (χ3n) is 3.86. The van der Waals surface area contributed by atoms with Crippen molar-refractivity contribution in [3.63, 3.8) is 0 Å². The lowest BCUT2D eigenvalue weighted by molar-refractivity contribution is -0.0763. The average molecular weight is 253 g/mol. The first-order valence-electron chi connectivity index (χ1n) is 6.59. The first-order valence-corrected chi connectivity index (χ1v) is 6.59. The number of hydrogen-bond acceptors (Lipinski definition) is 1. The molecule has 0 spiro atoms. The average Bonchev–Trinajstić information content (AvgIpc) is 2.28. The first-order chi connectivity index (χ1) is 8.43. The van der Waals surface area contributed by atoms with Gasteiger partial charge in [-0.25, -0.2) is 8.78 Å². The summed E-state index contributed by atoms with van der Waals surface area (Å²) in [6, 6.07) is 3.72. The number of aryl methyl sites for hydroxylation is 3. The van der Waals surface area contributed by atoms with Crippen LogP contribution in [0.5, 0.6) is 0 Å². The molecule has 0 atom stereocenters. The van der Waals surface area contributed by atoms with E-state index in [2.05, 4.69) is 5.32 Å². The number of rotatable bonds is 2. The van der Waals surface area contributed by atoms with Gasteiger partial charge < -0.3 is 5.32 Å². The van der Waals surface area contributed by atoms with E-state index in [-0.39, 0.29) is 5.56 Å². The van der Waals surface area contributed by atoms with Crippen molar-refractivity contribution in [2.45, 2.75) is 39.5 Å². The van der Waals surface area contributed by atoms with Crippen LogP contribution in [0.15, 0.2) is 12.1 Å². The molecule has 1 aliphatic rings. The predicted octanol–water partition coefficient (Wildman–Crippen LogP) is 3.70. The van der Waals surface area contributed by atoms with Gasteiger partial charge in [0.2, 0.25) is 0 Å². The van der Waals surface area contributed by atoms with Crippen LogP contribution in [0, 0.1) is 26.7 Å². The van der Waals surface area contributed by atoms with Crippen LogP contribution in [-0.4, -0.2) is 13.1 Å². The Hall–Kier alpha value is -0.960. The van der Waals surface area contributed by atoms with Crippen molar-refractivity contribution < 1.29 is 8.78 Å². The van der Waals surface area contributed by atoms with Gasteiger partial charge >= 0.3 is 0 Å². The summed E-state index contributed by atoms with van der Waals surface area (Å²) in [5, 5.41) is 3.14.